The summed E-state index contributed by atoms with van der Waals surface area (Å²) >= 11 is 0. The molecule has 3 unspecified atom stereocenters. The summed E-state index contributed by atoms with van der Waals surface area (Å²) in [5.74, 6) is 1.69. The molecular formula is C19H35IN4O2. The SMILES string of the molecule is CCN=C(NC1CCN(C(C)=O)CC1)NC1C2CCCOC2C1(C)C.I. The van der Waals surface area contributed by atoms with Crippen LogP contribution >= 0.6 is 24.0 Å². The minimum absolute atomic E-state index is 0. The van der Waals surface area contributed by atoms with Gasteiger partial charge in [-0.15, -0.1) is 24.0 Å². The molecule has 1 amide bonds. The molecule has 3 atom stereocenters. The van der Waals surface area contributed by atoms with E-state index in [1.165, 1.54) is 6.42 Å². The molecule has 2 N–H and O–H groups in total. The number of hydrogen-bond donors (Lipinski definition) is 2. The molecule has 0 radical (unpaired) electrons. The molecule has 3 aliphatic rings. The van der Waals surface area contributed by atoms with Gasteiger partial charge in [0.05, 0.1) is 6.10 Å². The molecule has 0 bridgehead atoms. The van der Waals surface area contributed by atoms with Gasteiger partial charge >= 0.3 is 0 Å². The van der Waals surface area contributed by atoms with Crippen molar-refractivity contribution in [1.82, 2.24) is 15.5 Å². The first-order valence-corrected chi connectivity index (χ1v) is 9.88. The highest BCUT2D eigenvalue weighted by molar-refractivity contribution is 14.0. The molecule has 0 spiro atoms. The number of aliphatic imine (C=N–C) groups is 1. The number of likely N-dealkylation sites (tertiary alicyclic amines) is 1. The third-order valence-corrected chi connectivity index (χ3v) is 6.22. The van der Waals surface area contributed by atoms with Crippen LogP contribution in [0, 0.1) is 11.3 Å². The Morgan fingerprint density at radius 3 is 2.54 bits per heavy atom. The van der Waals surface area contributed by atoms with Gasteiger partial charge in [0, 0.05) is 56.6 Å². The number of piperidine rings is 1. The molecule has 150 valence electrons. The predicted octanol–water partition coefficient (Wildman–Crippen LogP) is 2.37. The Hall–Kier alpha value is -0.570. The van der Waals surface area contributed by atoms with Crippen molar-refractivity contribution < 1.29 is 9.53 Å². The molecule has 0 aromatic rings. The summed E-state index contributed by atoms with van der Waals surface area (Å²) in [7, 11) is 0. The number of halogens is 1. The second-order valence-corrected chi connectivity index (χ2v) is 8.29. The van der Waals surface area contributed by atoms with Crippen LogP contribution in [0.3, 0.4) is 0 Å². The Morgan fingerprint density at radius 1 is 1.23 bits per heavy atom. The van der Waals surface area contributed by atoms with Gasteiger partial charge in [-0.1, -0.05) is 13.8 Å². The molecule has 1 aliphatic carbocycles. The minimum Gasteiger partial charge on any atom is -0.377 e. The molecule has 3 rings (SSSR count). The minimum atomic E-state index is 0. The van der Waals surface area contributed by atoms with Crippen LogP contribution in [-0.2, 0) is 9.53 Å². The van der Waals surface area contributed by atoms with Crippen LogP contribution in [0.25, 0.3) is 0 Å². The number of hydrogen-bond acceptors (Lipinski definition) is 3. The zero-order valence-corrected chi connectivity index (χ0v) is 18.9. The lowest BCUT2D eigenvalue weighted by molar-refractivity contribution is -0.188. The van der Waals surface area contributed by atoms with Gasteiger partial charge in [-0.2, -0.15) is 0 Å². The van der Waals surface area contributed by atoms with Gasteiger partial charge in [0.25, 0.3) is 0 Å². The lowest BCUT2D eigenvalue weighted by Gasteiger charge is -2.60. The fourth-order valence-corrected chi connectivity index (χ4v) is 4.79. The van der Waals surface area contributed by atoms with Gasteiger partial charge in [0.2, 0.25) is 5.91 Å². The number of ether oxygens (including phenoxy) is 1. The van der Waals surface area contributed by atoms with Crippen molar-refractivity contribution in [3.63, 3.8) is 0 Å². The summed E-state index contributed by atoms with van der Waals surface area (Å²) in [6, 6.07) is 0.794. The zero-order valence-electron chi connectivity index (χ0n) is 16.6. The fraction of sp³-hybridized carbons (Fsp3) is 0.895. The van der Waals surface area contributed by atoms with Crippen LogP contribution in [-0.4, -0.2) is 61.2 Å². The van der Waals surface area contributed by atoms with E-state index < -0.39 is 0 Å². The molecule has 1 saturated carbocycles. The Labute approximate surface area is 174 Å². The number of amides is 1. The van der Waals surface area contributed by atoms with Crippen molar-refractivity contribution in [3.05, 3.63) is 0 Å². The van der Waals surface area contributed by atoms with E-state index in [9.17, 15) is 4.79 Å². The van der Waals surface area contributed by atoms with Crippen molar-refractivity contribution in [2.75, 3.05) is 26.2 Å². The van der Waals surface area contributed by atoms with Crippen molar-refractivity contribution in [3.8, 4) is 0 Å². The molecule has 26 heavy (non-hydrogen) atoms. The summed E-state index contributed by atoms with van der Waals surface area (Å²) < 4.78 is 6.01. The average Bonchev–Trinajstić information content (AvgIpc) is 2.60. The van der Waals surface area contributed by atoms with Crippen molar-refractivity contribution >= 4 is 35.8 Å². The highest BCUT2D eigenvalue weighted by Gasteiger charge is 2.58. The number of guanidine groups is 1. The van der Waals surface area contributed by atoms with Gasteiger partial charge in [-0.25, -0.2) is 0 Å². The van der Waals surface area contributed by atoms with Gasteiger partial charge in [0.15, 0.2) is 5.96 Å². The summed E-state index contributed by atoms with van der Waals surface area (Å²) in [4.78, 5) is 18.1. The smallest absolute Gasteiger partial charge is 0.219 e. The van der Waals surface area contributed by atoms with E-state index in [1.807, 2.05) is 4.90 Å². The first-order chi connectivity index (χ1) is 11.9. The highest BCUT2D eigenvalue weighted by Crippen LogP contribution is 2.51. The first-order valence-electron chi connectivity index (χ1n) is 9.88. The van der Waals surface area contributed by atoms with Crippen LogP contribution in [0.2, 0.25) is 0 Å². The van der Waals surface area contributed by atoms with E-state index in [-0.39, 0.29) is 35.3 Å². The maximum absolute atomic E-state index is 11.5. The van der Waals surface area contributed by atoms with E-state index in [4.69, 9.17) is 4.74 Å². The van der Waals surface area contributed by atoms with Crippen molar-refractivity contribution in [1.29, 1.82) is 0 Å². The van der Waals surface area contributed by atoms with E-state index in [0.717, 1.165) is 51.5 Å². The van der Waals surface area contributed by atoms with E-state index in [1.54, 1.807) is 6.92 Å². The van der Waals surface area contributed by atoms with Crippen LogP contribution < -0.4 is 10.6 Å². The molecule has 0 aromatic carbocycles. The number of carbonyl (C=O) groups excluding carboxylic acids is 1. The number of nitrogens with one attached hydrogen (secondary N) is 2. The Balaban J connectivity index is 0.00000243. The van der Waals surface area contributed by atoms with Crippen LogP contribution in [0.15, 0.2) is 4.99 Å². The van der Waals surface area contributed by atoms with Gasteiger partial charge in [-0.05, 0) is 32.6 Å². The molecule has 2 heterocycles. The quantitative estimate of drug-likeness (QED) is 0.372. The third-order valence-electron chi connectivity index (χ3n) is 6.22. The lowest BCUT2D eigenvalue weighted by atomic mass is 9.55. The zero-order chi connectivity index (χ0) is 18.0. The first kappa shape index (κ1) is 21.7. The fourth-order valence-electron chi connectivity index (χ4n) is 4.79. The van der Waals surface area contributed by atoms with Gasteiger partial charge in [0.1, 0.15) is 0 Å². The topological polar surface area (TPSA) is 66.0 Å². The standard InChI is InChI=1S/C19H34N4O2.HI/c1-5-20-18(21-14-8-10-23(11-9-14)13(2)24)22-16-15-7-6-12-25-17(15)19(16,3)4;/h14-17H,5-12H2,1-4H3,(H2,20,21,22);1H. The summed E-state index contributed by atoms with van der Waals surface area (Å²) in [6.07, 6.45) is 4.73. The molecular weight excluding hydrogens is 443 g/mol. The highest BCUT2D eigenvalue weighted by atomic mass is 127. The van der Waals surface area contributed by atoms with Crippen molar-refractivity contribution in [2.45, 2.75) is 71.6 Å². The van der Waals surface area contributed by atoms with Crippen LogP contribution in [0.1, 0.15) is 53.4 Å². The molecule has 2 aliphatic heterocycles. The van der Waals surface area contributed by atoms with Crippen molar-refractivity contribution in [2.24, 2.45) is 16.3 Å². The normalized spacial score (nSPS) is 31.3. The second kappa shape index (κ2) is 9.08. The summed E-state index contributed by atoms with van der Waals surface area (Å²) in [6.45, 7) is 11.7. The van der Waals surface area contributed by atoms with Crippen LogP contribution in [0.4, 0.5) is 0 Å². The summed E-state index contributed by atoms with van der Waals surface area (Å²) in [5, 5.41) is 7.31. The van der Waals surface area contributed by atoms with Gasteiger partial charge < -0.3 is 20.3 Å². The molecule has 0 aromatic heterocycles. The van der Waals surface area contributed by atoms with E-state index in [2.05, 4.69) is 36.4 Å². The number of rotatable bonds is 3. The Morgan fingerprint density at radius 2 is 1.92 bits per heavy atom. The van der Waals surface area contributed by atoms with Crippen LogP contribution in [0.5, 0.6) is 0 Å². The van der Waals surface area contributed by atoms with E-state index >= 15 is 0 Å². The molecule has 6 nitrogen and oxygen atoms in total. The third kappa shape index (κ3) is 4.46. The largest absolute Gasteiger partial charge is 0.377 e. The summed E-state index contributed by atoms with van der Waals surface area (Å²) in [5.41, 5.74) is 0.138. The number of carbonyl (C=O) groups is 1. The Kier molecular flexibility index (Phi) is 7.59. The second-order valence-electron chi connectivity index (χ2n) is 8.29. The monoisotopic (exact) mass is 478 g/mol. The molecule has 2 saturated heterocycles. The Bertz CT molecular complexity index is 518. The maximum Gasteiger partial charge on any atom is 0.219 e. The van der Waals surface area contributed by atoms with Gasteiger partial charge in [-0.3, -0.25) is 9.79 Å². The average molecular weight is 478 g/mol. The lowest BCUT2D eigenvalue weighted by Crippen LogP contribution is -2.71. The molecule has 3 fully saturated rings. The van der Waals surface area contributed by atoms with E-state index in [0.29, 0.717) is 24.1 Å². The maximum atomic E-state index is 11.5. The number of fused-ring (bicyclic) bond motifs is 1. The number of nitrogens with zero attached hydrogens (tertiary/aromatic N) is 2. The predicted molar refractivity (Wildman–Crippen MR) is 115 cm³/mol. The molecule has 7 heteroatoms.